The first-order chi connectivity index (χ1) is 6.83. The quantitative estimate of drug-likeness (QED) is 0.741. The molecule has 0 unspecified atom stereocenters. The standard InChI is InChI=1S/C10H12N4/c11-6-3-7-14-9-5-2-1-4-8(9)10(12)13-14/h1-6H,7,11H2,(H2,12,13). The summed E-state index contributed by atoms with van der Waals surface area (Å²) in [7, 11) is 0. The Morgan fingerprint density at radius 2 is 2.14 bits per heavy atom. The Balaban J connectivity index is 2.55. The predicted molar refractivity (Wildman–Crippen MR) is 57.5 cm³/mol. The Morgan fingerprint density at radius 3 is 2.93 bits per heavy atom. The minimum Gasteiger partial charge on any atom is -0.405 e. The van der Waals surface area contributed by atoms with Gasteiger partial charge in [-0.25, -0.2) is 0 Å². The molecule has 2 rings (SSSR count). The van der Waals surface area contributed by atoms with Gasteiger partial charge in [-0.3, -0.25) is 4.68 Å². The summed E-state index contributed by atoms with van der Waals surface area (Å²) in [6.45, 7) is 0.647. The van der Waals surface area contributed by atoms with Crippen LogP contribution in [0.3, 0.4) is 0 Å². The second-order valence-corrected chi connectivity index (χ2v) is 3.01. The highest BCUT2D eigenvalue weighted by Crippen LogP contribution is 2.19. The van der Waals surface area contributed by atoms with Crippen LogP contribution in [0.15, 0.2) is 36.5 Å². The van der Waals surface area contributed by atoms with Crippen molar-refractivity contribution in [3.05, 3.63) is 36.5 Å². The van der Waals surface area contributed by atoms with E-state index in [2.05, 4.69) is 5.10 Å². The van der Waals surface area contributed by atoms with E-state index in [4.69, 9.17) is 11.5 Å². The minimum absolute atomic E-state index is 0.561. The second-order valence-electron chi connectivity index (χ2n) is 3.01. The monoisotopic (exact) mass is 188 g/mol. The number of rotatable bonds is 2. The summed E-state index contributed by atoms with van der Waals surface area (Å²) >= 11 is 0. The third kappa shape index (κ3) is 1.31. The maximum atomic E-state index is 5.76. The first kappa shape index (κ1) is 8.62. The molecule has 0 amide bonds. The summed E-state index contributed by atoms with van der Waals surface area (Å²) in [6, 6.07) is 7.86. The molecule has 72 valence electrons. The third-order valence-electron chi connectivity index (χ3n) is 2.10. The van der Waals surface area contributed by atoms with Gasteiger partial charge in [-0.05, 0) is 24.4 Å². The fraction of sp³-hybridized carbons (Fsp3) is 0.100. The van der Waals surface area contributed by atoms with Gasteiger partial charge in [0, 0.05) is 5.39 Å². The SMILES string of the molecule is NC=CCn1nc(N)c2ccccc21. The Kier molecular flexibility index (Phi) is 2.10. The van der Waals surface area contributed by atoms with Gasteiger partial charge in [0.1, 0.15) is 0 Å². The molecule has 4 N–H and O–H groups in total. The highest BCUT2D eigenvalue weighted by Gasteiger charge is 2.04. The van der Waals surface area contributed by atoms with Gasteiger partial charge in [0.15, 0.2) is 5.82 Å². The van der Waals surface area contributed by atoms with E-state index < -0.39 is 0 Å². The molecule has 1 aromatic carbocycles. The number of hydrogen-bond acceptors (Lipinski definition) is 3. The average Bonchev–Trinajstić information content (AvgIpc) is 2.54. The van der Waals surface area contributed by atoms with Crippen LogP contribution < -0.4 is 11.5 Å². The van der Waals surface area contributed by atoms with Crippen LogP contribution in [-0.2, 0) is 6.54 Å². The first-order valence-corrected chi connectivity index (χ1v) is 4.40. The number of nitrogens with two attached hydrogens (primary N) is 2. The molecular formula is C10H12N4. The molecule has 0 atom stereocenters. The highest BCUT2D eigenvalue weighted by atomic mass is 15.3. The summed E-state index contributed by atoms with van der Waals surface area (Å²) in [4.78, 5) is 0. The molecule has 14 heavy (non-hydrogen) atoms. The number of anilines is 1. The molecule has 1 aromatic heterocycles. The molecule has 0 aliphatic carbocycles. The van der Waals surface area contributed by atoms with Crippen molar-refractivity contribution < 1.29 is 0 Å². The zero-order valence-corrected chi connectivity index (χ0v) is 7.72. The minimum atomic E-state index is 0.561. The summed E-state index contributed by atoms with van der Waals surface area (Å²) < 4.78 is 1.83. The van der Waals surface area contributed by atoms with E-state index in [0.29, 0.717) is 12.4 Å². The van der Waals surface area contributed by atoms with Crippen LogP contribution in [0.1, 0.15) is 0 Å². The molecule has 0 saturated heterocycles. The van der Waals surface area contributed by atoms with E-state index in [-0.39, 0.29) is 0 Å². The summed E-state index contributed by atoms with van der Waals surface area (Å²) in [5.41, 5.74) is 12.1. The molecule has 0 radical (unpaired) electrons. The average molecular weight is 188 g/mol. The lowest BCUT2D eigenvalue weighted by molar-refractivity contribution is 0.731. The molecule has 0 fully saturated rings. The molecule has 0 bridgehead atoms. The van der Waals surface area contributed by atoms with Crippen molar-refractivity contribution >= 4 is 16.7 Å². The van der Waals surface area contributed by atoms with Gasteiger partial charge >= 0.3 is 0 Å². The lowest BCUT2D eigenvalue weighted by Crippen LogP contribution is -1.98. The molecule has 1 heterocycles. The number of para-hydroxylation sites is 1. The lowest BCUT2D eigenvalue weighted by Gasteiger charge is -1.96. The first-order valence-electron chi connectivity index (χ1n) is 4.40. The van der Waals surface area contributed by atoms with E-state index >= 15 is 0 Å². The summed E-state index contributed by atoms with van der Waals surface area (Å²) in [5, 5.41) is 5.20. The van der Waals surface area contributed by atoms with Gasteiger partial charge in [-0.2, -0.15) is 5.10 Å². The van der Waals surface area contributed by atoms with Gasteiger partial charge in [0.05, 0.1) is 12.1 Å². The Hall–Kier alpha value is -1.97. The zero-order valence-electron chi connectivity index (χ0n) is 7.72. The van der Waals surface area contributed by atoms with Gasteiger partial charge < -0.3 is 11.5 Å². The van der Waals surface area contributed by atoms with E-state index in [1.165, 1.54) is 6.20 Å². The smallest absolute Gasteiger partial charge is 0.153 e. The molecular weight excluding hydrogens is 176 g/mol. The van der Waals surface area contributed by atoms with Crippen molar-refractivity contribution in [3.8, 4) is 0 Å². The Morgan fingerprint density at radius 1 is 1.36 bits per heavy atom. The zero-order chi connectivity index (χ0) is 9.97. The molecule has 0 spiro atoms. The van der Waals surface area contributed by atoms with Crippen LogP contribution in [-0.4, -0.2) is 9.78 Å². The maximum Gasteiger partial charge on any atom is 0.153 e. The van der Waals surface area contributed by atoms with Crippen molar-refractivity contribution in [2.45, 2.75) is 6.54 Å². The van der Waals surface area contributed by atoms with Gasteiger partial charge in [-0.1, -0.05) is 12.1 Å². The normalized spacial score (nSPS) is 11.4. The van der Waals surface area contributed by atoms with Crippen LogP contribution in [0.2, 0.25) is 0 Å². The Labute approximate surface area is 81.8 Å². The van der Waals surface area contributed by atoms with E-state index in [9.17, 15) is 0 Å². The van der Waals surface area contributed by atoms with Crippen molar-refractivity contribution in [1.82, 2.24) is 9.78 Å². The molecule has 0 aliphatic heterocycles. The van der Waals surface area contributed by atoms with Crippen molar-refractivity contribution in [2.24, 2.45) is 5.73 Å². The summed E-state index contributed by atoms with van der Waals surface area (Å²) in [5.74, 6) is 0.561. The van der Waals surface area contributed by atoms with Crippen molar-refractivity contribution in [2.75, 3.05) is 5.73 Å². The van der Waals surface area contributed by atoms with Gasteiger partial charge in [0.25, 0.3) is 0 Å². The number of benzene rings is 1. The van der Waals surface area contributed by atoms with Crippen LogP contribution in [0.4, 0.5) is 5.82 Å². The van der Waals surface area contributed by atoms with Gasteiger partial charge in [0.2, 0.25) is 0 Å². The summed E-state index contributed by atoms with van der Waals surface area (Å²) in [6.07, 6.45) is 3.34. The van der Waals surface area contributed by atoms with Crippen LogP contribution in [0.25, 0.3) is 10.9 Å². The van der Waals surface area contributed by atoms with E-state index in [0.717, 1.165) is 10.9 Å². The highest BCUT2D eigenvalue weighted by molar-refractivity contribution is 5.88. The Bertz CT molecular complexity index is 470. The number of nitrogens with zero attached hydrogens (tertiary/aromatic N) is 2. The number of hydrogen-bond donors (Lipinski definition) is 2. The second kappa shape index (κ2) is 3.41. The number of allylic oxidation sites excluding steroid dienone is 1. The fourth-order valence-corrected chi connectivity index (χ4v) is 1.45. The maximum absolute atomic E-state index is 5.76. The fourth-order valence-electron chi connectivity index (χ4n) is 1.45. The lowest BCUT2D eigenvalue weighted by atomic mass is 10.2. The van der Waals surface area contributed by atoms with Crippen LogP contribution in [0, 0.1) is 0 Å². The molecule has 4 nitrogen and oxygen atoms in total. The van der Waals surface area contributed by atoms with Crippen LogP contribution in [0.5, 0.6) is 0 Å². The number of aromatic nitrogens is 2. The van der Waals surface area contributed by atoms with Crippen molar-refractivity contribution in [3.63, 3.8) is 0 Å². The van der Waals surface area contributed by atoms with E-state index in [1.54, 1.807) is 0 Å². The van der Waals surface area contributed by atoms with E-state index in [1.807, 2.05) is 35.0 Å². The van der Waals surface area contributed by atoms with Crippen molar-refractivity contribution in [1.29, 1.82) is 0 Å². The molecule has 0 saturated carbocycles. The molecule has 4 heteroatoms. The molecule has 0 aliphatic rings. The topological polar surface area (TPSA) is 69.9 Å². The van der Waals surface area contributed by atoms with Gasteiger partial charge in [-0.15, -0.1) is 0 Å². The molecule has 2 aromatic rings. The number of fused-ring (bicyclic) bond motifs is 1. The van der Waals surface area contributed by atoms with Crippen LogP contribution >= 0.6 is 0 Å². The number of nitrogen functional groups attached to an aromatic ring is 1. The predicted octanol–water partition coefficient (Wildman–Crippen LogP) is 1.09. The largest absolute Gasteiger partial charge is 0.405 e. The third-order valence-corrected chi connectivity index (χ3v) is 2.10.